The number of likely N-dealkylation sites (tertiary alicyclic amines) is 1. The van der Waals surface area contributed by atoms with Gasteiger partial charge in [0.1, 0.15) is 0 Å². The van der Waals surface area contributed by atoms with Gasteiger partial charge in [0.25, 0.3) is 0 Å². The second-order valence-electron chi connectivity index (χ2n) is 6.50. The van der Waals surface area contributed by atoms with Crippen LogP contribution in [0.25, 0.3) is 0 Å². The van der Waals surface area contributed by atoms with Crippen molar-refractivity contribution < 1.29 is 15.0 Å². The first-order chi connectivity index (χ1) is 10.0. The van der Waals surface area contributed by atoms with Crippen LogP contribution in [0.15, 0.2) is 18.5 Å². The average Bonchev–Trinajstić information content (AvgIpc) is 3.08. The third kappa shape index (κ3) is 2.96. The molecule has 1 aromatic rings. The molecule has 1 aliphatic heterocycles. The molecule has 1 saturated carbocycles. The van der Waals surface area contributed by atoms with Gasteiger partial charge in [-0.25, -0.2) is 0 Å². The topological polar surface area (TPSA) is 78.6 Å². The zero-order chi connectivity index (χ0) is 15.0. The van der Waals surface area contributed by atoms with E-state index in [1.165, 1.54) is 0 Å². The van der Waals surface area contributed by atoms with Gasteiger partial charge in [-0.2, -0.15) is 5.10 Å². The van der Waals surface area contributed by atoms with Crippen LogP contribution in [-0.2, 0) is 11.3 Å². The second-order valence-corrected chi connectivity index (χ2v) is 6.50. The SMILES string of the molecule is CC(Cn1cccn1)C(=O)N1C[C@H]2C[C@H](O)[C@@H](O)C[C@H]2C1. The van der Waals surface area contributed by atoms with E-state index in [2.05, 4.69) is 5.10 Å². The number of carbonyl (C=O) groups is 1. The molecule has 2 aliphatic rings. The van der Waals surface area contributed by atoms with Crippen molar-refractivity contribution in [1.29, 1.82) is 0 Å². The number of rotatable bonds is 3. The molecule has 1 aromatic heterocycles. The highest BCUT2D eigenvalue weighted by Crippen LogP contribution is 2.37. The quantitative estimate of drug-likeness (QED) is 0.829. The molecule has 2 N–H and O–H groups in total. The first-order valence-corrected chi connectivity index (χ1v) is 7.67. The zero-order valence-corrected chi connectivity index (χ0v) is 12.3. The molecule has 1 saturated heterocycles. The van der Waals surface area contributed by atoms with Gasteiger partial charge in [0.2, 0.25) is 5.91 Å². The normalized spacial score (nSPS) is 33.8. The summed E-state index contributed by atoms with van der Waals surface area (Å²) in [6.45, 7) is 3.92. The Labute approximate surface area is 124 Å². The highest BCUT2D eigenvalue weighted by molar-refractivity contribution is 5.78. The van der Waals surface area contributed by atoms with Crippen LogP contribution in [0.3, 0.4) is 0 Å². The fourth-order valence-electron chi connectivity index (χ4n) is 3.67. The maximum atomic E-state index is 12.5. The van der Waals surface area contributed by atoms with E-state index in [0.717, 1.165) is 0 Å². The van der Waals surface area contributed by atoms with E-state index in [9.17, 15) is 15.0 Å². The standard InChI is InChI=1S/C15H23N3O3/c1-10(7-18-4-2-3-16-18)15(21)17-8-11-5-13(19)14(20)6-12(11)9-17/h2-4,10-14,19-20H,5-9H2,1H3/t10?,11-,12+,13-,14-/m0/s1. The maximum Gasteiger partial charge on any atom is 0.227 e. The van der Waals surface area contributed by atoms with Gasteiger partial charge < -0.3 is 15.1 Å². The summed E-state index contributed by atoms with van der Waals surface area (Å²) < 4.78 is 1.78. The van der Waals surface area contributed by atoms with E-state index in [1.807, 2.05) is 24.1 Å². The zero-order valence-electron chi connectivity index (χ0n) is 12.3. The van der Waals surface area contributed by atoms with Crippen molar-refractivity contribution in [3.8, 4) is 0 Å². The Morgan fingerprint density at radius 3 is 2.43 bits per heavy atom. The number of fused-ring (bicyclic) bond motifs is 1. The Bertz CT molecular complexity index is 472. The van der Waals surface area contributed by atoms with Crippen LogP contribution in [0, 0.1) is 17.8 Å². The largest absolute Gasteiger partial charge is 0.390 e. The predicted octanol–water partition coefficient (Wildman–Crippen LogP) is 0.109. The van der Waals surface area contributed by atoms with Crippen LogP contribution in [0.1, 0.15) is 19.8 Å². The number of aromatic nitrogens is 2. The molecule has 6 nitrogen and oxygen atoms in total. The fourth-order valence-corrected chi connectivity index (χ4v) is 3.67. The number of aliphatic hydroxyl groups excluding tert-OH is 2. The molecule has 21 heavy (non-hydrogen) atoms. The van der Waals surface area contributed by atoms with Crippen molar-refractivity contribution in [3.63, 3.8) is 0 Å². The lowest BCUT2D eigenvalue weighted by Gasteiger charge is -2.31. The Hall–Kier alpha value is -1.40. The first-order valence-electron chi connectivity index (χ1n) is 7.67. The predicted molar refractivity (Wildman–Crippen MR) is 76.2 cm³/mol. The first kappa shape index (κ1) is 14.5. The van der Waals surface area contributed by atoms with Gasteiger partial charge in [0, 0.05) is 25.5 Å². The van der Waals surface area contributed by atoms with Crippen molar-refractivity contribution in [2.45, 2.75) is 38.5 Å². The summed E-state index contributed by atoms with van der Waals surface area (Å²) in [4.78, 5) is 14.4. The molecule has 6 heteroatoms. The van der Waals surface area contributed by atoms with Crippen LogP contribution >= 0.6 is 0 Å². The number of carbonyl (C=O) groups excluding carboxylic acids is 1. The lowest BCUT2D eigenvalue weighted by Crippen LogP contribution is -2.38. The molecule has 1 unspecified atom stereocenters. The molecule has 0 spiro atoms. The van der Waals surface area contributed by atoms with Crippen LogP contribution < -0.4 is 0 Å². The number of aliphatic hydroxyl groups is 2. The highest BCUT2D eigenvalue weighted by atomic mass is 16.3. The summed E-state index contributed by atoms with van der Waals surface area (Å²) in [7, 11) is 0. The summed E-state index contributed by atoms with van der Waals surface area (Å²) in [6, 6.07) is 1.85. The van der Waals surface area contributed by atoms with Crippen molar-refractivity contribution >= 4 is 5.91 Å². The van der Waals surface area contributed by atoms with Crippen molar-refractivity contribution in [1.82, 2.24) is 14.7 Å². The van der Waals surface area contributed by atoms with Gasteiger partial charge in [-0.05, 0) is 30.7 Å². The summed E-state index contributed by atoms with van der Waals surface area (Å²) in [6.07, 6.45) is 3.50. The summed E-state index contributed by atoms with van der Waals surface area (Å²) in [5.74, 6) is 0.678. The lowest BCUT2D eigenvalue weighted by molar-refractivity contribution is -0.134. The molecule has 116 valence electrons. The van der Waals surface area contributed by atoms with Gasteiger partial charge in [-0.15, -0.1) is 0 Å². The molecule has 0 radical (unpaired) electrons. The summed E-state index contributed by atoms with van der Waals surface area (Å²) >= 11 is 0. The number of amides is 1. The Morgan fingerprint density at radius 2 is 1.90 bits per heavy atom. The Balaban J connectivity index is 1.59. The van der Waals surface area contributed by atoms with Crippen molar-refractivity contribution in [2.24, 2.45) is 17.8 Å². The minimum atomic E-state index is -0.636. The van der Waals surface area contributed by atoms with E-state index >= 15 is 0 Å². The number of hydrogen-bond acceptors (Lipinski definition) is 4. The monoisotopic (exact) mass is 293 g/mol. The van der Waals surface area contributed by atoms with Gasteiger partial charge in [-0.3, -0.25) is 9.48 Å². The summed E-state index contributed by atoms with van der Waals surface area (Å²) in [5.41, 5.74) is 0. The molecule has 2 fully saturated rings. The molecule has 3 rings (SSSR count). The summed E-state index contributed by atoms with van der Waals surface area (Å²) in [5, 5.41) is 23.7. The van der Waals surface area contributed by atoms with Gasteiger partial charge in [0.15, 0.2) is 0 Å². The molecule has 1 amide bonds. The molecule has 1 aliphatic carbocycles. The Kier molecular flexibility index (Phi) is 3.99. The number of hydrogen-bond donors (Lipinski definition) is 2. The van der Waals surface area contributed by atoms with Crippen LogP contribution in [0.4, 0.5) is 0 Å². The van der Waals surface area contributed by atoms with Crippen LogP contribution in [0.2, 0.25) is 0 Å². The minimum Gasteiger partial charge on any atom is -0.390 e. The molecule has 5 atom stereocenters. The molecular formula is C15H23N3O3. The maximum absolute atomic E-state index is 12.5. The van der Waals surface area contributed by atoms with E-state index in [0.29, 0.717) is 44.3 Å². The molecule has 2 heterocycles. The third-order valence-electron chi connectivity index (χ3n) is 4.86. The average molecular weight is 293 g/mol. The van der Waals surface area contributed by atoms with Crippen LogP contribution in [0.5, 0.6) is 0 Å². The van der Waals surface area contributed by atoms with E-state index in [-0.39, 0.29) is 11.8 Å². The highest BCUT2D eigenvalue weighted by Gasteiger charge is 2.42. The smallest absolute Gasteiger partial charge is 0.227 e. The van der Waals surface area contributed by atoms with Gasteiger partial charge >= 0.3 is 0 Å². The fraction of sp³-hybridized carbons (Fsp3) is 0.733. The van der Waals surface area contributed by atoms with Gasteiger partial charge in [0.05, 0.1) is 24.7 Å². The van der Waals surface area contributed by atoms with E-state index < -0.39 is 12.2 Å². The van der Waals surface area contributed by atoms with Crippen LogP contribution in [-0.4, -0.2) is 56.1 Å². The van der Waals surface area contributed by atoms with Gasteiger partial charge in [-0.1, -0.05) is 6.92 Å². The molecular weight excluding hydrogens is 270 g/mol. The molecule has 0 bridgehead atoms. The van der Waals surface area contributed by atoms with Crippen molar-refractivity contribution in [2.75, 3.05) is 13.1 Å². The second kappa shape index (κ2) is 5.77. The third-order valence-corrected chi connectivity index (χ3v) is 4.86. The Morgan fingerprint density at radius 1 is 1.29 bits per heavy atom. The minimum absolute atomic E-state index is 0.111. The van der Waals surface area contributed by atoms with Crippen molar-refractivity contribution in [3.05, 3.63) is 18.5 Å². The number of nitrogens with zero attached hydrogens (tertiary/aromatic N) is 3. The van der Waals surface area contributed by atoms with E-state index in [4.69, 9.17) is 0 Å². The lowest BCUT2D eigenvalue weighted by atomic mass is 9.79. The van der Waals surface area contributed by atoms with E-state index in [1.54, 1.807) is 10.9 Å². The molecule has 0 aromatic carbocycles.